The van der Waals surface area contributed by atoms with Gasteiger partial charge in [-0.15, -0.1) is 11.6 Å². The van der Waals surface area contributed by atoms with Gasteiger partial charge in [0.1, 0.15) is 0 Å². The standard InChI is InChI=1S/C15H22ClN/c1-13-5-4-6-14(11-13)12-17(10-9-16)15-7-2-3-8-15/h4-6,11,15H,2-3,7-10,12H2,1H3. The summed E-state index contributed by atoms with van der Waals surface area (Å²) in [6.45, 7) is 4.23. The Morgan fingerprint density at radius 3 is 2.71 bits per heavy atom. The molecule has 0 saturated heterocycles. The third-order valence-electron chi connectivity index (χ3n) is 3.68. The van der Waals surface area contributed by atoms with Crippen molar-refractivity contribution >= 4 is 11.6 Å². The fourth-order valence-electron chi connectivity index (χ4n) is 2.81. The molecule has 0 atom stereocenters. The summed E-state index contributed by atoms with van der Waals surface area (Å²) in [4.78, 5) is 2.56. The monoisotopic (exact) mass is 251 g/mol. The minimum absolute atomic E-state index is 0.738. The first-order valence-electron chi connectivity index (χ1n) is 6.65. The maximum Gasteiger partial charge on any atom is 0.0351 e. The predicted octanol–water partition coefficient (Wildman–Crippen LogP) is 3.98. The second-order valence-electron chi connectivity index (χ2n) is 5.09. The Balaban J connectivity index is 2.01. The molecule has 0 aromatic heterocycles. The highest BCUT2D eigenvalue weighted by molar-refractivity contribution is 6.18. The largest absolute Gasteiger partial charge is 0.295 e. The fourth-order valence-corrected chi connectivity index (χ4v) is 3.03. The number of hydrogen-bond donors (Lipinski definition) is 0. The van der Waals surface area contributed by atoms with Crippen molar-refractivity contribution in [3.05, 3.63) is 35.4 Å². The van der Waals surface area contributed by atoms with Gasteiger partial charge in [0.2, 0.25) is 0 Å². The average Bonchev–Trinajstić information content (AvgIpc) is 2.82. The van der Waals surface area contributed by atoms with Crippen molar-refractivity contribution in [3.63, 3.8) is 0 Å². The number of rotatable bonds is 5. The highest BCUT2D eigenvalue weighted by Gasteiger charge is 2.21. The predicted molar refractivity (Wildman–Crippen MR) is 74.6 cm³/mol. The fraction of sp³-hybridized carbons (Fsp3) is 0.600. The van der Waals surface area contributed by atoms with E-state index in [1.807, 2.05) is 0 Å². The summed E-state index contributed by atoms with van der Waals surface area (Å²) in [5.41, 5.74) is 2.77. The maximum absolute atomic E-state index is 5.93. The molecular weight excluding hydrogens is 230 g/mol. The van der Waals surface area contributed by atoms with E-state index < -0.39 is 0 Å². The molecule has 17 heavy (non-hydrogen) atoms. The van der Waals surface area contributed by atoms with Gasteiger partial charge in [0.05, 0.1) is 0 Å². The zero-order chi connectivity index (χ0) is 12.1. The lowest BCUT2D eigenvalue weighted by Gasteiger charge is -2.28. The first-order valence-corrected chi connectivity index (χ1v) is 7.18. The van der Waals surface area contributed by atoms with Gasteiger partial charge >= 0.3 is 0 Å². The smallest absolute Gasteiger partial charge is 0.0351 e. The van der Waals surface area contributed by atoms with Crippen molar-refractivity contribution in [2.24, 2.45) is 0 Å². The Bertz CT molecular complexity index is 345. The molecule has 0 N–H and O–H groups in total. The van der Waals surface area contributed by atoms with E-state index >= 15 is 0 Å². The van der Waals surface area contributed by atoms with Crippen LogP contribution in [0.2, 0.25) is 0 Å². The van der Waals surface area contributed by atoms with Crippen molar-refractivity contribution in [1.82, 2.24) is 4.90 Å². The highest BCUT2D eigenvalue weighted by Crippen LogP contribution is 2.25. The van der Waals surface area contributed by atoms with E-state index in [4.69, 9.17) is 11.6 Å². The summed E-state index contributed by atoms with van der Waals surface area (Å²) in [5, 5.41) is 0. The molecule has 2 heteroatoms. The number of halogens is 1. The van der Waals surface area contributed by atoms with Gasteiger partial charge in [0, 0.05) is 25.0 Å². The molecule has 0 unspecified atom stereocenters. The third kappa shape index (κ3) is 3.72. The zero-order valence-corrected chi connectivity index (χ0v) is 11.4. The maximum atomic E-state index is 5.93. The van der Waals surface area contributed by atoms with Gasteiger partial charge in [-0.25, -0.2) is 0 Å². The van der Waals surface area contributed by atoms with Crippen molar-refractivity contribution in [2.75, 3.05) is 12.4 Å². The normalized spacial score (nSPS) is 16.9. The van der Waals surface area contributed by atoms with Gasteiger partial charge in [-0.3, -0.25) is 4.90 Å². The van der Waals surface area contributed by atoms with Crippen LogP contribution in [0.25, 0.3) is 0 Å². The van der Waals surface area contributed by atoms with Gasteiger partial charge in [-0.05, 0) is 25.3 Å². The van der Waals surface area contributed by atoms with E-state index in [-0.39, 0.29) is 0 Å². The number of benzene rings is 1. The van der Waals surface area contributed by atoms with Crippen molar-refractivity contribution in [2.45, 2.75) is 45.2 Å². The van der Waals surface area contributed by atoms with Crippen LogP contribution in [0, 0.1) is 6.92 Å². The molecule has 0 spiro atoms. The van der Waals surface area contributed by atoms with E-state index in [9.17, 15) is 0 Å². The summed E-state index contributed by atoms with van der Waals surface area (Å²) in [7, 11) is 0. The molecular formula is C15H22ClN. The number of aryl methyl sites for hydroxylation is 1. The van der Waals surface area contributed by atoms with Crippen LogP contribution in [0.4, 0.5) is 0 Å². The first kappa shape index (κ1) is 12.9. The molecule has 0 heterocycles. The quantitative estimate of drug-likeness (QED) is 0.716. The van der Waals surface area contributed by atoms with E-state index in [1.54, 1.807) is 0 Å². The number of hydrogen-bond acceptors (Lipinski definition) is 1. The molecule has 0 radical (unpaired) electrons. The molecule has 1 fully saturated rings. The SMILES string of the molecule is Cc1cccc(CN(CCCl)C2CCCC2)c1. The van der Waals surface area contributed by atoms with Crippen LogP contribution >= 0.6 is 11.6 Å². The van der Waals surface area contributed by atoms with Crippen LogP contribution in [-0.2, 0) is 6.54 Å². The van der Waals surface area contributed by atoms with Crippen molar-refractivity contribution < 1.29 is 0 Å². The lowest BCUT2D eigenvalue weighted by molar-refractivity contribution is 0.201. The van der Waals surface area contributed by atoms with Crippen LogP contribution in [0.5, 0.6) is 0 Å². The van der Waals surface area contributed by atoms with Crippen molar-refractivity contribution in [1.29, 1.82) is 0 Å². The Morgan fingerprint density at radius 2 is 2.06 bits per heavy atom. The number of nitrogens with zero attached hydrogens (tertiary/aromatic N) is 1. The van der Waals surface area contributed by atoms with E-state index in [0.29, 0.717) is 0 Å². The Labute approximate surface area is 110 Å². The summed E-state index contributed by atoms with van der Waals surface area (Å²) in [5.74, 6) is 0.738. The molecule has 0 amide bonds. The minimum Gasteiger partial charge on any atom is -0.295 e. The van der Waals surface area contributed by atoms with Gasteiger partial charge in [0.25, 0.3) is 0 Å². The van der Waals surface area contributed by atoms with Gasteiger partial charge < -0.3 is 0 Å². The second-order valence-corrected chi connectivity index (χ2v) is 5.46. The molecule has 1 aliphatic rings. The Hall–Kier alpha value is -0.530. The molecule has 2 rings (SSSR count). The Kier molecular flexibility index (Phi) is 4.87. The van der Waals surface area contributed by atoms with Crippen LogP contribution in [0.15, 0.2) is 24.3 Å². The molecule has 0 bridgehead atoms. The molecule has 0 aliphatic heterocycles. The molecule has 1 saturated carbocycles. The van der Waals surface area contributed by atoms with E-state index in [2.05, 4.69) is 36.1 Å². The highest BCUT2D eigenvalue weighted by atomic mass is 35.5. The van der Waals surface area contributed by atoms with E-state index in [1.165, 1.54) is 36.8 Å². The molecule has 1 aliphatic carbocycles. The summed E-state index contributed by atoms with van der Waals surface area (Å²) in [6.07, 6.45) is 5.47. The Morgan fingerprint density at radius 1 is 1.29 bits per heavy atom. The summed E-state index contributed by atoms with van der Waals surface area (Å²) < 4.78 is 0. The van der Waals surface area contributed by atoms with Gasteiger partial charge in [0.15, 0.2) is 0 Å². The summed E-state index contributed by atoms with van der Waals surface area (Å²) >= 11 is 5.93. The lowest BCUT2D eigenvalue weighted by Crippen LogP contribution is -2.34. The van der Waals surface area contributed by atoms with Crippen LogP contribution < -0.4 is 0 Å². The molecule has 94 valence electrons. The summed E-state index contributed by atoms with van der Waals surface area (Å²) in [6, 6.07) is 9.58. The van der Waals surface area contributed by atoms with Gasteiger partial charge in [-0.2, -0.15) is 0 Å². The lowest BCUT2D eigenvalue weighted by atomic mass is 10.1. The minimum atomic E-state index is 0.738. The molecule has 1 aromatic rings. The van der Waals surface area contributed by atoms with Gasteiger partial charge in [-0.1, -0.05) is 42.7 Å². The van der Waals surface area contributed by atoms with Crippen molar-refractivity contribution in [3.8, 4) is 0 Å². The number of alkyl halides is 1. The van der Waals surface area contributed by atoms with Crippen LogP contribution in [-0.4, -0.2) is 23.4 Å². The zero-order valence-electron chi connectivity index (χ0n) is 10.7. The molecule has 1 aromatic carbocycles. The van der Waals surface area contributed by atoms with Crippen LogP contribution in [0.3, 0.4) is 0 Å². The topological polar surface area (TPSA) is 3.24 Å². The van der Waals surface area contributed by atoms with Crippen LogP contribution in [0.1, 0.15) is 36.8 Å². The second kappa shape index (κ2) is 6.42. The van der Waals surface area contributed by atoms with E-state index in [0.717, 1.165) is 25.0 Å². The molecule has 1 nitrogen and oxygen atoms in total. The third-order valence-corrected chi connectivity index (χ3v) is 3.85. The first-order chi connectivity index (χ1) is 8.29. The average molecular weight is 252 g/mol.